The fraction of sp³-hybridized carbons (Fsp3) is 0.278. The normalized spacial score (nSPS) is 11.2. The molecule has 0 unspecified atom stereocenters. The molecule has 134 valence electrons. The minimum Gasteiger partial charge on any atom is -0.465 e. The molecule has 2 aromatic carbocycles. The highest BCUT2D eigenvalue weighted by Crippen LogP contribution is 2.27. The number of halogens is 1. The van der Waals surface area contributed by atoms with Gasteiger partial charge in [0.15, 0.2) is 0 Å². The molecule has 0 fully saturated rings. The molecular formula is C18H20FNO4S. The monoisotopic (exact) mass is 365 g/mol. The van der Waals surface area contributed by atoms with Gasteiger partial charge in [-0.3, -0.25) is 4.72 Å². The van der Waals surface area contributed by atoms with E-state index >= 15 is 0 Å². The van der Waals surface area contributed by atoms with Gasteiger partial charge >= 0.3 is 5.97 Å². The summed E-state index contributed by atoms with van der Waals surface area (Å²) in [5, 5.41) is 0. The number of esters is 1. The second kappa shape index (κ2) is 7.65. The predicted molar refractivity (Wildman–Crippen MR) is 93.7 cm³/mol. The number of carbonyl (C=O) groups is 1. The van der Waals surface area contributed by atoms with Crippen molar-refractivity contribution in [2.75, 3.05) is 11.8 Å². The number of aryl methyl sites for hydroxylation is 2. The van der Waals surface area contributed by atoms with Crippen LogP contribution in [0.15, 0.2) is 41.3 Å². The van der Waals surface area contributed by atoms with E-state index in [4.69, 9.17) is 0 Å². The van der Waals surface area contributed by atoms with Crippen molar-refractivity contribution in [1.29, 1.82) is 0 Å². The van der Waals surface area contributed by atoms with Gasteiger partial charge in [-0.1, -0.05) is 32.0 Å². The Hall–Kier alpha value is -2.41. The number of para-hydroxylation sites is 1. The van der Waals surface area contributed by atoms with Gasteiger partial charge in [0.05, 0.1) is 18.4 Å². The second-order valence-electron chi connectivity index (χ2n) is 5.40. The van der Waals surface area contributed by atoms with E-state index in [1.54, 1.807) is 0 Å². The molecule has 2 aromatic rings. The first-order valence-corrected chi connectivity index (χ1v) is 9.33. The molecule has 0 aliphatic heterocycles. The summed E-state index contributed by atoms with van der Waals surface area (Å²) in [5.74, 6) is -1.67. The zero-order chi connectivity index (χ0) is 18.6. The van der Waals surface area contributed by atoms with Crippen LogP contribution in [0, 0.1) is 5.82 Å². The summed E-state index contributed by atoms with van der Waals surface area (Å²) >= 11 is 0. The number of sulfonamides is 1. The number of nitrogens with one attached hydrogen (secondary N) is 1. The minimum atomic E-state index is -4.21. The molecule has 0 aliphatic rings. The molecule has 1 N–H and O–H groups in total. The zero-order valence-corrected chi connectivity index (χ0v) is 15.1. The Kier molecular flexibility index (Phi) is 5.79. The largest absolute Gasteiger partial charge is 0.465 e. The van der Waals surface area contributed by atoms with Crippen LogP contribution in [0.3, 0.4) is 0 Å². The van der Waals surface area contributed by atoms with Crippen LogP contribution < -0.4 is 4.72 Å². The third kappa shape index (κ3) is 3.99. The molecule has 0 heterocycles. The van der Waals surface area contributed by atoms with Crippen molar-refractivity contribution < 1.29 is 22.3 Å². The Bertz CT molecular complexity index is 872. The van der Waals surface area contributed by atoms with Crippen molar-refractivity contribution in [1.82, 2.24) is 0 Å². The van der Waals surface area contributed by atoms with Gasteiger partial charge < -0.3 is 4.74 Å². The van der Waals surface area contributed by atoms with E-state index in [1.807, 2.05) is 32.0 Å². The van der Waals surface area contributed by atoms with E-state index in [0.29, 0.717) is 18.5 Å². The Morgan fingerprint density at radius 1 is 1.12 bits per heavy atom. The molecule has 0 spiro atoms. The van der Waals surface area contributed by atoms with Gasteiger partial charge in [0.1, 0.15) is 10.7 Å². The molecule has 0 aliphatic carbocycles. The summed E-state index contributed by atoms with van der Waals surface area (Å²) in [7, 11) is -3.04. The summed E-state index contributed by atoms with van der Waals surface area (Å²) in [6.45, 7) is 3.82. The summed E-state index contributed by atoms with van der Waals surface area (Å²) in [4.78, 5) is 11.0. The number of methoxy groups -OCH3 is 1. The number of benzene rings is 2. The summed E-state index contributed by atoms with van der Waals surface area (Å²) in [6, 6.07) is 8.58. The third-order valence-corrected chi connectivity index (χ3v) is 5.24. The number of anilines is 1. The molecule has 0 amide bonds. The number of rotatable bonds is 6. The molecule has 25 heavy (non-hydrogen) atoms. The lowest BCUT2D eigenvalue weighted by Gasteiger charge is -2.16. The van der Waals surface area contributed by atoms with Crippen LogP contribution in [0.4, 0.5) is 10.1 Å². The van der Waals surface area contributed by atoms with E-state index < -0.39 is 26.7 Å². The van der Waals surface area contributed by atoms with Gasteiger partial charge in [0, 0.05) is 0 Å². The van der Waals surface area contributed by atoms with Crippen LogP contribution in [0.5, 0.6) is 0 Å². The lowest BCUT2D eigenvalue weighted by Crippen LogP contribution is -2.18. The van der Waals surface area contributed by atoms with Crippen molar-refractivity contribution in [3.05, 3.63) is 58.9 Å². The second-order valence-corrected chi connectivity index (χ2v) is 7.05. The van der Waals surface area contributed by atoms with Gasteiger partial charge in [0.2, 0.25) is 0 Å². The predicted octanol–water partition coefficient (Wildman–Crippen LogP) is 3.54. The number of hydrogen-bond donors (Lipinski definition) is 1. The smallest absolute Gasteiger partial charge is 0.337 e. The molecule has 0 saturated heterocycles. The lowest BCUT2D eigenvalue weighted by atomic mass is 10.0. The maximum Gasteiger partial charge on any atom is 0.337 e. The molecule has 5 nitrogen and oxygen atoms in total. The fourth-order valence-corrected chi connectivity index (χ4v) is 3.76. The Labute approximate surface area is 146 Å². The van der Waals surface area contributed by atoms with Crippen LogP contribution in [-0.2, 0) is 27.6 Å². The summed E-state index contributed by atoms with van der Waals surface area (Å²) in [5.41, 5.74) is 2.04. The van der Waals surface area contributed by atoms with E-state index in [1.165, 1.54) is 13.2 Å². The van der Waals surface area contributed by atoms with Crippen molar-refractivity contribution in [2.45, 2.75) is 31.6 Å². The van der Waals surface area contributed by atoms with Crippen molar-refractivity contribution in [3.63, 3.8) is 0 Å². The number of hydrogen-bond acceptors (Lipinski definition) is 4. The van der Waals surface area contributed by atoms with Crippen LogP contribution in [0.1, 0.15) is 35.3 Å². The molecule has 0 bridgehead atoms. The molecule has 0 radical (unpaired) electrons. The van der Waals surface area contributed by atoms with Crippen molar-refractivity contribution >= 4 is 21.7 Å². The third-order valence-electron chi connectivity index (χ3n) is 3.88. The van der Waals surface area contributed by atoms with Gasteiger partial charge in [-0.15, -0.1) is 0 Å². The maximum atomic E-state index is 14.1. The van der Waals surface area contributed by atoms with Crippen LogP contribution in [0.2, 0.25) is 0 Å². The lowest BCUT2D eigenvalue weighted by molar-refractivity contribution is 0.0600. The quantitative estimate of drug-likeness (QED) is 0.795. The van der Waals surface area contributed by atoms with Gasteiger partial charge in [-0.05, 0) is 42.2 Å². The zero-order valence-electron chi connectivity index (χ0n) is 14.3. The van der Waals surface area contributed by atoms with Gasteiger partial charge in [0.25, 0.3) is 10.0 Å². The standard InChI is InChI=1S/C18H20FNO4S/c1-4-12-7-6-8-13(5-2)17(12)20-25(22,23)16-11-14(18(21)24-3)9-10-15(16)19/h6-11,20H,4-5H2,1-3H3. The van der Waals surface area contributed by atoms with Gasteiger partial charge in [-0.2, -0.15) is 0 Å². The van der Waals surface area contributed by atoms with Crippen molar-refractivity contribution in [2.24, 2.45) is 0 Å². The average Bonchev–Trinajstić information content (AvgIpc) is 2.61. The summed E-state index contributed by atoms with van der Waals surface area (Å²) in [6.07, 6.45) is 1.24. The van der Waals surface area contributed by atoms with E-state index in [0.717, 1.165) is 23.3 Å². The van der Waals surface area contributed by atoms with Crippen LogP contribution in [-0.4, -0.2) is 21.5 Å². The molecule has 0 aromatic heterocycles. The molecule has 7 heteroatoms. The minimum absolute atomic E-state index is 0.0382. The SMILES string of the molecule is CCc1cccc(CC)c1NS(=O)(=O)c1cc(C(=O)OC)ccc1F. The highest BCUT2D eigenvalue weighted by Gasteiger charge is 2.23. The summed E-state index contributed by atoms with van der Waals surface area (Å²) < 4.78 is 46.6. The molecule has 2 rings (SSSR count). The Balaban J connectivity index is 2.53. The van der Waals surface area contributed by atoms with E-state index in [-0.39, 0.29) is 5.56 Å². The average molecular weight is 365 g/mol. The molecular weight excluding hydrogens is 345 g/mol. The highest BCUT2D eigenvalue weighted by molar-refractivity contribution is 7.92. The number of carbonyl (C=O) groups excluding carboxylic acids is 1. The van der Waals surface area contributed by atoms with Crippen molar-refractivity contribution in [3.8, 4) is 0 Å². The fourth-order valence-electron chi connectivity index (χ4n) is 2.52. The Morgan fingerprint density at radius 3 is 2.24 bits per heavy atom. The van der Waals surface area contributed by atoms with E-state index in [2.05, 4.69) is 9.46 Å². The first-order valence-electron chi connectivity index (χ1n) is 7.85. The Morgan fingerprint density at radius 2 is 1.72 bits per heavy atom. The van der Waals surface area contributed by atoms with E-state index in [9.17, 15) is 17.6 Å². The first-order chi connectivity index (χ1) is 11.8. The van der Waals surface area contributed by atoms with Crippen LogP contribution >= 0.6 is 0 Å². The highest BCUT2D eigenvalue weighted by atomic mass is 32.2. The first kappa shape index (κ1) is 18.9. The molecule has 0 atom stereocenters. The topological polar surface area (TPSA) is 72.5 Å². The van der Waals surface area contributed by atoms with Crippen LogP contribution in [0.25, 0.3) is 0 Å². The number of ether oxygens (including phenoxy) is 1. The van der Waals surface area contributed by atoms with Gasteiger partial charge in [-0.25, -0.2) is 17.6 Å². The molecule has 0 saturated carbocycles. The maximum absolute atomic E-state index is 14.1.